The number of para-hydroxylation sites is 1. The molecule has 3 rings (SSSR count). The van der Waals surface area contributed by atoms with E-state index >= 15 is 0 Å². The Morgan fingerprint density at radius 3 is 2.76 bits per heavy atom. The van der Waals surface area contributed by atoms with Crippen LogP contribution in [-0.4, -0.2) is 9.97 Å². The number of ether oxygens (including phenoxy) is 1. The Labute approximate surface area is 122 Å². The van der Waals surface area contributed by atoms with E-state index in [1.165, 1.54) is 0 Å². The van der Waals surface area contributed by atoms with Crippen molar-refractivity contribution in [2.45, 2.75) is 13.8 Å². The number of nitrogens with zero attached hydrogens (tertiary/aromatic N) is 3. The van der Waals surface area contributed by atoms with Gasteiger partial charge in [0.25, 0.3) is 0 Å². The van der Waals surface area contributed by atoms with Gasteiger partial charge in [-0.2, -0.15) is 5.26 Å². The van der Waals surface area contributed by atoms with Crippen LogP contribution in [0.5, 0.6) is 11.5 Å². The van der Waals surface area contributed by atoms with Crippen LogP contribution in [0.25, 0.3) is 10.9 Å². The van der Waals surface area contributed by atoms with Gasteiger partial charge in [-0.1, -0.05) is 18.2 Å². The third-order valence-electron chi connectivity index (χ3n) is 3.20. The van der Waals surface area contributed by atoms with E-state index < -0.39 is 0 Å². The molecule has 0 atom stereocenters. The topological polar surface area (TPSA) is 58.8 Å². The van der Waals surface area contributed by atoms with E-state index in [1.54, 1.807) is 19.2 Å². The highest BCUT2D eigenvalue weighted by Gasteiger charge is 2.10. The molecule has 1 aromatic carbocycles. The van der Waals surface area contributed by atoms with Gasteiger partial charge in [0.2, 0.25) is 0 Å². The van der Waals surface area contributed by atoms with E-state index in [9.17, 15) is 5.26 Å². The molecular formula is C17H13N3O. The summed E-state index contributed by atoms with van der Waals surface area (Å²) >= 11 is 0. The molecule has 21 heavy (non-hydrogen) atoms. The number of rotatable bonds is 2. The zero-order valence-corrected chi connectivity index (χ0v) is 11.8. The number of hydrogen-bond acceptors (Lipinski definition) is 4. The smallest absolute Gasteiger partial charge is 0.148 e. The van der Waals surface area contributed by atoms with E-state index in [0.717, 1.165) is 16.6 Å². The van der Waals surface area contributed by atoms with E-state index in [1.807, 2.05) is 37.3 Å². The summed E-state index contributed by atoms with van der Waals surface area (Å²) in [4.78, 5) is 8.63. The standard InChI is InChI=1S/C17H13N3O/c1-11-7-17(15(9-18)12(2)20-11)21-14-8-13-5-3-4-6-16(13)19-10-14/h3-8,10H,1-2H3. The van der Waals surface area contributed by atoms with Crippen LogP contribution in [0.2, 0.25) is 0 Å². The maximum atomic E-state index is 9.25. The maximum Gasteiger partial charge on any atom is 0.148 e. The van der Waals surface area contributed by atoms with Crippen molar-refractivity contribution < 1.29 is 4.74 Å². The van der Waals surface area contributed by atoms with Crippen molar-refractivity contribution in [1.82, 2.24) is 9.97 Å². The number of aryl methyl sites for hydroxylation is 2. The summed E-state index contributed by atoms with van der Waals surface area (Å²) < 4.78 is 5.85. The second kappa shape index (κ2) is 5.22. The van der Waals surface area contributed by atoms with Gasteiger partial charge < -0.3 is 4.74 Å². The normalized spacial score (nSPS) is 10.3. The molecule has 0 spiro atoms. The molecule has 0 fully saturated rings. The van der Waals surface area contributed by atoms with Crippen molar-refractivity contribution in [3.05, 3.63) is 59.5 Å². The molecule has 0 aliphatic rings. The lowest BCUT2D eigenvalue weighted by atomic mass is 10.2. The molecule has 0 N–H and O–H groups in total. The van der Waals surface area contributed by atoms with Gasteiger partial charge in [-0.3, -0.25) is 9.97 Å². The molecule has 0 saturated carbocycles. The fourth-order valence-electron chi connectivity index (χ4n) is 2.24. The molecule has 0 unspecified atom stereocenters. The number of nitriles is 1. The first-order valence-corrected chi connectivity index (χ1v) is 6.58. The number of fused-ring (bicyclic) bond motifs is 1. The first kappa shape index (κ1) is 13.1. The summed E-state index contributed by atoms with van der Waals surface area (Å²) in [5, 5.41) is 10.3. The summed E-state index contributed by atoms with van der Waals surface area (Å²) in [6, 6.07) is 13.6. The van der Waals surface area contributed by atoms with Crippen molar-refractivity contribution in [3.8, 4) is 17.6 Å². The molecule has 0 aliphatic carbocycles. The third-order valence-corrected chi connectivity index (χ3v) is 3.20. The molecule has 0 amide bonds. The minimum atomic E-state index is 0.453. The van der Waals surface area contributed by atoms with Gasteiger partial charge in [-0.15, -0.1) is 0 Å². The molecule has 0 bridgehead atoms. The predicted molar refractivity (Wildman–Crippen MR) is 80.2 cm³/mol. The van der Waals surface area contributed by atoms with Gasteiger partial charge in [0.05, 0.1) is 17.4 Å². The van der Waals surface area contributed by atoms with Crippen LogP contribution in [0, 0.1) is 25.2 Å². The number of aromatic nitrogens is 2. The lowest BCUT2D eigenvalue weighted by Gasteiger charge is -2.10. The molecule has 2 heterocycles. The van der Waals surface area contributed by atoms with Crippen LogP contribution in [0.4, 0.5) is 0 Å². The van der Waals surface area contributed by atoms with Crippen LogP contribution >= 0.6 is 0 Å². The van der Waals surface area contributed by atoms with Gasteiger partial charge in [0, 0.05) is 17.1 Å². The fourth-order valence-corrected chi connectivity index (χ4v) is 2.24. The van der Waals surface area contributed by atoms with Crippen LogP contribution in [0.3, 0.4) is 0 Å². The molecule has 0 saturated heterocycles. The largest absolute Gasteiger partial charge is 0.454 e. The lowest BCUT2D eigenvalue weighted by Crippen LogP contribution is -1.96. The Bertz CT molecular complexity index is 866. The average molecular weight is 275 g/mol. The first-order valence-electron chi connectivity index (χ1n) is 6.58. The second-order valence-corrected chi connectivity index (χ2v) is 4.80. The van der Waals surface area contributed by atoms with Crippen molar-refractivity contribution in [2.24, 2.45) is 0 Å². The summed E-state index contributed by atoms with van der Waals surface area (Å²) in [5.74, 6) is 1.12. The van der Waals surface area contributed by atoms with Crippen molar-refractivity contribution >= 4 is 10.9 Å². The van der Waals surface area contributed by atoms with Gasteiger partial charge in [-0.25, -0.2) is 0 Å². The molecular weight excluding hydrogens is 262 g/mol. The van der Waals surface area contributed by atoms with E-state index in [-0.39, 0.29) is 0 Å². The Morgan fingerprint density at radius 2 is 1.95 bits per heavy atom. The molecule has 0 aliphatic heterocycles. The van der Waals surface area contributed by atoms with Crippen LogP contribution < -0.4 is 4.74 Å². The van der Waals surface area contributed by atoms with Crippen LogP contribution in [0.15, 0.2) is 42.6 Å². The molecule has 4 heteroatoms. The Kier molecular flexibility index (Phi) is 3.25. The van der Waals surface area contributed by atoms with Gasteiger partial charge >= 0.3 is 0 Å². The predicted octanol–water partition coefficient (Wildman–Crippen LogP) is 3.91. The lowest BCUT2D eigenvalue weighted by molar-refractivity contribution is 0.478. The molecule has 2 aromatic heterocycles. The molecule has 3 aromatic rings. The highest BCUT2D eigenvalue weighted by molar-refractivity contribution is 5.79. The van der Waals surface area contributed by atoms with Gasteiger partial charge in [0.1, 0.15) is 23.1 Å². The summed E-state index contributed by atoms with van der Waals surface area (Å²) in [7, 11) is 0. The highest BCUT2D eigenvalue weighted by Crippen LogP contribution is 2.28. The van der Waals surface area contributed by atoms with Crippen molar-refractivity contribution in [2.75, 3.05) is 0 Å². The third kappa shape index (κ3) is 2.54. The number of benzene rings is 1. The Morgan fingerprint density at radius 1 is 1.14 bits per heavy atom. The summed E-state index contributed by atoms with van der Waals surface area (Å²) in [6.45, 7) is 3.68. The van der Waals surface area contributed by atoms with Crippen molar-refractivity contribution in [3.63, 3.8) is 0 Å². The Hall–Kier alpha value is -2.93. The first-order chi connectivity index (χ1) is 10.2. The van der Waals surface area contributed by atoms with E-state index in [2.05, 4.69) is 16.0 Å². The Balaban J connectivity index is 2.04. The number of pyridine rings is 2. The quantitative estimate of drug-likeness (QED) is 0.711. The maximum absolute atomic E-state index is 9.25. The van der Waals surface area contributed by atoms with Crippen LogP contribution in [0.1, 0.15) is 17.0 Å². The second-order valence-electron chi connectivity index (χ2n) is 4.80. The minimum Gasteiger partial charge on any atom is -0.454 e. The molecule has 102 valence electrons. The van der Waals surface area contributed by atoms with Crippen LogP contribution in [-0.2, 0) is 0 Å². The monoisotopic (exact) mass is 275 g/mol. The average Bonchev–Trinajstić information content (AvgIpc) is 2.47. The summed E-state index contributed by atoms with van der Waals surface area (Å²) in [6.07, 6.45) is 1.66. The SMILES string of the molecule is Cc1cc(Oc2cnc3ccccc3c2)c(C#N)c(C)n1. The highest BCUT2D eigenvalue weighted by atomic mass is 16.5. The zero-order chi connectivity index (χ0) is 14.8. The summed E-state index contributed by atoms with van der Waals surface area (Å²) in [5.41, 5.74) is 2.85. The molecule has 4 nitrogen and oxygen atoms in total. The zero-order valence-electron chi connectivity index (χ0n) is 11.8. The van der Waals surface area contributed by atoms with Gasteiger partial charge in [-0.05, 0) is 26.0 Å². The fraction of sp³-hybridized carbons (Fsp3) is 0.118. The van der Waals surface area contributed by atoms with E-state index in [4.69, 9.17) is 4.74 Å². The van der Waals surface area contributed by atoms with Gasteiger partial charge in [0.15, 0.2) is 0 Å². The number of hydrogen-bond donors (Lipinski definition) is 0. The van der Waals surface area contributed by atoms with Crippen molar-refractivity contribution in [1.29, 1.82) is 5.26 Å². The molecule has 0 radical (unpaired) electrons. The van der Waals surface area contributed by atoms with E-state index in [0.29, 0.717) is 22.8 Å². The minimum absolute atomic E-state index is 0.453.